The standard InChI is InChI=1S/C41H51N3O11S/c1-8-9-10-11-12-13-29(46)55-28-18-56-40-32-31(39-37(52-20-53-39)22(3)36(32)54-23(4)45)27(17-50-41(28)47)44-26(16-42)25-15-24-14-21(2)35(49-7)38(51-19-48-6)30(24)33(34(40)44)43(25)5/h14,25-28,33-34,40H,8-13,15,17-20H2,1-7H3/t25-,26-,27-,28?,33+,34?,40+/m0/s1. The summed E-state index contributed by atoms with van der Waals surface area (Å²) in [6, 6.07) is 2.17. The number of aryl methyl sites for hydroxylation is 1. The third-order valence-corrected chi connectivity index (χ3v) is 13.1. The van der Waals surface area contributed by atoms with Crippen molar-refractivity contribution >= 4 is 29.7 Å². The van der Waals surface area contributed by atoms with Gasteiger partial charge in [-0.3, -0.25) is 19.4 Å². The molecule has 6 aliphatic heterocycles. The number of carbonyl (C=O) groups is 3. The number of methoxy groups -OCH3 is 2. The first-order valence-corrected chi connectivity index (χ1v) is 20.4. The second kappa shape index (κ2) is 16.7. The van der Waals surface area contributed by atoms with Gasteiger partial charge in [-0.1, -0.05) is 38.7 Å². The maximum absolute atomic E-state index is 13.9. The van der Waals surface area contributed by atoms with Crippen molar-refractivity contribution in [2.75, 3.05) is 47.2 Å². The number of hydrogen-bond acceptors (Lipinski definition) is 15. The fourth-order valence-electron chi connectivity index (χ4n) is 9.36. The predicted molar refractivity (Wildman–Crippen MR) is 204 cm³/mol. The van der Waals surface area contributed by atoms with Crippen LogP contribution in [0.3, 0.4) is 0 Å². The smallest absolute Gasteiger partial charge is 0.348 e. The van der Waals surface area contributed by atoms with Crippen molar-refractivity contribution in [1.82, 2.24) is 9.80 Å². The Morgan fingerprint density at radius 3 is 2.50 bits per heavy atom. The molecule has 0 spiro atoms. The van der Waals surface area contributed by atoms with Crippen LogP contribution in [-0.4, -0.2) is 99.2 Å². The SMILES string of the molecule is CCCCCCCC(=O)OC1CS[C@@H]2c3c(OC(C)=O)c(C)c4c(c3[C@H](COC1=O)N1C2[C@H]2c3c(cc(C)c(OC)c3OCOC)C[C@@H]([C@@H]1C#N)N2C)OCO4. The molecule has 0 amide bonds. The number of thioether (sulfide) groups is 1. The summed E-state index contributed by atoms with van der Waals surface area (Å²) in [5.74, 6) is 0.767. The van der Waals surface area contributed by atoms with Crippen LogP contribution in [0.1, 0.15) is 103 Å². The molecule has 15 heteroatoms. The lowest BCUT2D eigenvalue weighted by molar-refractivity contribution is -0.169. The Balaban J connectivity index is 1.42. The molecule has 56 heavy (non-hydrogen) atoms. The third kappa shape index (κ3) is 6.92. The molecule has 2 aromatic rings. The fourth-order valence-corrected chi connectivity index (χ4v) is 10.8. The van der Waals surface area contributed by atoms with Crippen LogP contribution in [0.15, 0.2) is 6.07 Å². The molecule has 7 atom stereocenters. The zero-order valence-electron chi connectivity index (χ0n) is 33.1. The highest BCUT2D eigenvalue weighted by molar-refractivity contribution is 7.99. The number of unbranched alkanes of at least 4 members (excludes halogenated alkanes) is 4. The van der Waals surface area contributed by atoms with Crippen molar-refractivity contribution in [3.05, 3.63) is 39.4 Å². The Labute approximate surface area is 331 Å². The largest absolute Gasteiger partial charge is 0.493 e. The summed E-state index contributed by atoms with van der Waals surface area (Å²) in [5.41, 5.74) is 4.73. The van der Waals surface area contributed by atoms with E-state index >= 15 is 0 Å². The maximum Gasteiger partial charge on any atom is 0.348 e. The molecule has 302 valence electrons. The van der Waals surface area contributed by atoms with Gasteiger partial charge in [0.25, 0.3) is 0 Å². The van der Waals surface area contributed by atoms with Gasteiger partial charge >= 0.3 is 17.9 Å². The molecule has 0 aromatic heterocycles. The van der Waals surface area contributed by atoms with Crippen LogP contribution in [0.2, 0.25) is 0 Å². The lowest BCUT2D eigenvalue weighted by Crippen LogP contribution is -2.69. The molecule has 4 bridgehead atoms. The Kier molecular flexibility index (Phi) is 11.9. The average molecular weight is 794 g/mol. The van der Waals surface area contributed by atoms with E-state index in [4.69, 9.17) is 37.9 Å². The molecule has 0 radical (unpaired) electrons. The van der Waals surface area contributed by atoms with E-state index < -0.39 is 53.4 Å². The monoisotopic (exact) mass is 793 g/mol. The van der Waals surface area contributed by atoms with Crippen LogP contribution in [0.25, 0.3) is 0 Å². The molecule has 2 fully saturated rings. The highest BCUT2D eigenvalue weighted by Crippen LogP contribution is 2.64. The number of rotatable bonds is 12. The topological polar surface area (TPSA) is 155 Å². The van der Waals surface area contributed by atoms with Crippen LogP contribution in [-0.2, 0) is 35.0 Å². The quantitative estimate of drug-likeness (QED) is 0.110. The number of ether oxygens (including phenoxy) is 8. The lowest BCUT2D eigenvalue weighted by atomic mass is 9.71. The van der Waals surface area contributed by atoms with E-state index in [2.05, 4.69) is 28.9 Å². The van der Waals surface area contributed by atoms with E-state index in [0.717, 1.165) is 42.4 Å². The van der Waals surface area contributed by atoms with Crippen LogP contribution in [0.4, 0.5) is 0 Å². The average Bonchev–Trinajstić information content (AvgIpc) is 3.66. The van der Waals surface area contributed by atoms with Gasteiger partial charge in [0.05, 0.1) is 30.5 Å². The van der Waals surface area contributed by atoms with Gasteiger partial charge in [-0.25, -0.2) is 4.79 Å². The van der Waals surface area contributed by atoms with Crippen molar-refractivity contribution in [3.63, 3.8) is 0 Å². The molecule has 6 aliphatic rings. The van der Waals surface area contributed by atoms with Crippen molar-refractivity contribution in [1.29, 1.82) is 5.26 Å². The second-order valence-electron chi connectivity index (χ2n) is 15.1. The Morgan fingerprint density at radius 1 is 1.02 bits per heavy atom. The van der Waals surface area contributed by atoms with Crippen molar-refractivity contribution < 1.29 is 52.3 Å². The summed E-state index contributed by atoms with van der Waals surface area (Å²) in [4.78, 5) is 44.3. The van der Waals surface area contributed by atoms with Crippen LogP contribution >= 0.6 is 11.8 Å². The summed E-state index contributed by atoms with van der Waals surface area (Å²) >= 11 is 1.40. The Morgan fingerprint density at radius 2 is 1.79 bits per heavy atom. The van der Waals surface area contributed by atoms with Gasteiger partial charge in [0.1, 0.15) is 18.4 Å². The molecule has 0 aliphatic carbocycles. The Hall–Kier alpha value is -4.23. The summed E-state index contributed by atoms with van der Waals surface area (Å²) in [5, 5.41) is 10.6. The van der Waals surface area contributed by atoms with Crippen LogP contribution in [0, 0.1) is 25.2 Å². The highest BCUT2D eigenvalue weighted by Gasteiger charge is 2.61. The van der Waals surface area contributed by atoms with Gasteiger partial charge in [-0.2, -0.15) is 5.26 Å². The minimum absolute atomic E-state index is 0.0220. The van der Waals surface area contributed by atoms with E-state index in [9.17, 15) is 19.6 Å². The first-order valence-electron chi connectivity index (χ1n) is 19.4. The summed E-state index contributed by atoms with van der Waals surface area (Å²) in [6.45, 7) is 7.01. The molecule has 2 aromatic carbocycles. The zero-order valence-corrected chi connectivity index (χ0v) is 34.0. The van der Waals surface area contributed by atoms with Crippen LogP contribution < -0.4 is 23.7 Å². The number of fused-ring (bicyclic) bond motifs is 10. The van der Waals surface area contributed by atoms with Crippen molar-refractivity contribution in [2.45, 2.75) is 114 Å². The number of carbonyl (C=O) groups excluding carboxylic acids is 3. The minimum atomic E-state index is -1.19. The molecule has 0 N–H and O–H groups in total. The second-order valence-corrected chi connectivity index (χ2v) is 16.2. The number of nitrogens with zero attached hydrogens (tertiary/aromatic N) is 3. The van der Waals surface area contributed by atoms with E-state index in [1.54, 1.807) is 14.2 Å². The van der Waals surface area contributed by atoms with Gasteiger partial charge in [0.2, 0.25) is 12.9 Å². The number of hydrogen-bond donors (Lipinski definition) is 0. The number of esters is 3. The lowest BCUT2D eigenvalue weighted by Gasteiger charge is -2.61. The molecule has 0 saturated carbocycles. The molecular weight excluding hydrogens is 743 g/mol. The van der Waals surface area contributed by atoms with Crippen LogP contribution in [0.5, 0.6) is 28.7 Å². The van der Waals surface area contributed by atoms with E-state index in [-0.39, 0.29) is 38.4 Å². The normalized spacial score (nSPS) is 26.2. The third-order valence-electron chi connectivity index (χ3n) is 11.7. The molecule has 2 unspecified atom stereocenters. The fraction of sp³-hybridized carbons (Fsp3) is 0.610. The van der Waals surface area contributed by atoms with Gasteiger partial charge in [0, 0.05) is 60.5 Å². The molecule has 14 nitrogen and oxygen atoms in total. The minimum Gasteiger partial charge on any atom is -0.493 e. The van der Waals surface area contributed by atoms with Gasteiger partial charge in [0.15, 0.2) is 29.8 Å². The van der Waals surface area contributed by atoms with E-state index in [1.165, 1.54) is 18.7 Å². The first kappa shape index (κ1) is 40.0. The van der Waals surface area contributed by atoms with Crippen molar-refractivity contribution in [2.24, 2.45) is 0 Å². The molecular formula is C41H51N3O11S. The number of piperazine rings is 1. The maximum atomic E-state index is 13.9. The summed E-state index contributed by atoms with van der Waals surface area (Å²) in [6.07, 6.45) is 4.33. The number of nitriles is 1. The van der Waals surface area contributed by atoms with Gasteiger partial charge in [-0.15, -0.1) is 11.8 Å². The predicted octanol–water partition coefficient (Wildman–Crippen LogP) is 5.78. The molecule has 8 rings (SSSR count). The van der Waals surface area contributed by atoms with Gasteiger partial charge < -0.3 is 37.9 Å². The Bertz CT molecular complexity index is 1920. The molecule has 2 saturated heterocycles. The van der Waals surface area contributed by atoms with E-state index in [1.807, 2.05) is 20.9 Å². The van der Waals surface area contributed by atoms with Crippen molar-refractivity contribution in [3.8, 4) is 34.8 Å². The van der Waals surface area contributed by atoms with E-state index in [0.29, 0.717) is 58.3 Å². The number of likely N-dealkylation sites (N-methyl/N-ethyl adjacent to an activating group) is 1. The summed E-state index contributed by atoms with van der Waals surface area (Å²) in [7, 11) is 5.19. The molecule has 6 heterocycles. The summed E-state index contributed by atoms with van der Waals surface area (Å²) < 4.78 is 48.0. The highest BCUT2D eigenvalue weighted by atomic mass is 32.2. The first-order chi connectivity index (χ1) is 27.1. The van der Waals surface area contributed by atoms with Gasteiger partial charge in [-0.05, 0) is 44.9 Å². The number of benzene rings is 2. The zero-order chi connectivity index (χ0) is 39.8.